The Morgan fingerprint density at radius 2 is 1.77 bits per heavy atom. The number of hydrogen-bond acceptors (Lipinski definition) is 6. The van der Waals surface area contributed by atoms with E-state index in [0.29, 0.717) is 41.4 Å². The molecule has 0 aliphatic carbocycles. The molecule has 39 heavy (non-hydrogen) atoms. The van der Waals surface area contributed by atoms with Crippen LogP contribution in [0.5, 0.6) is 0 Å². The highest BCUT2D eigenvalue weighted by Crippen LogP contribution is 2.35. The number of benzene rings is 2. The molecule has 1 unspecified atom stereocenters. The average Bonchev–Trinajstić information content (AvgIpc) is 3.30. The third-order valence-corrected chi connectivity index (χ3v) is 8.51. The second-order valence-electron chi connectivity index (χ2n) is 10.5. The van der Waals surface area contributed by atoms with Crippen molar-refractivity contribution in [1.29, 1.82) is 0 Å². The normalized spacial score (nSPS) is 16.4. The van der Waals surface area contributed by atoms with Gasteiger partial charge in [0.15, 0.2) is 5.65 Å². The topological polar surface area (TPSA) is 90.7 Å². The number of ether oxygens (including phenoxy) is 2. The number of nitrogens with zero attached hydrogens (tertiary/aromatic N) is 3. The molecule has 0 spiro atoms. The van der Waals surface area contributed by atoms with E-state index in [1.807, 2.05) is 52.0 Å². The number of amides is 1. The standard InChI is InChI=1S/C29H30ClN3O5S/c1-19-5-11-22(12-6-19)39(35,36)33-25(17-23-24(30)13-14-31-27(23)33)20-7-9-21(10-8-20)26-18-32(15-16-37-26)28(34)38-29(2,3)4/h5-14,17,26H,15-16,18H2,1-4H3. The molecular formula is C29H30ClN3O5S. The second-order valence-corrected chi connectivity index (χ2v) is 12.7. The molecule has 2 aromatic carbocycles. The first-order chi connectivity index (χ1) is 18.4. The van der Waals surface area contributed by atoms with Gasteiger partial charge in [0, 0.05) is 18.1 Å². The number of carbonyl (C=O) groups excluding carboxylic acids is 1. The second kappa shape index (κ2) is 10.3. The van der Waals surface area contributed by atoms with Crippen molar-refractivity contribution >= 4 is 38.8 Å². The van der Waals surface area contributed by atoms with Crippen LogP contribution in [0.15, 0.2) is 71.8 Å². The van der Waals surface area contributed by atoms with Crippen molar-refractivity contribution in [2.75, 3.05) is 19.7 Å². The maximum Gasteiger partial charge on any atom is 0.410 e. The van der Waals surface area contributed by atoms with Gasteiger partial charge >= 0.3 is 6.09 Å². The lowest BCUT2D eigenvalue weighted by molar-refractivity contribution is -0.0432. The lowest BCUT2D eigenvalue weighted by atomic mass is 10.0. The smallest absolute Gasteiger partial charge is 0.410 e. The van der Waals surface area contributed by atoms with E-state index in [9.17, 15) is 13.2 Å². The Hall–Kier alpha value is -3.40. The van der Waals surface area contributed by atoms with E-state index >= 15 is 0 Å². The lowest BCUT2D eigenvalue weighted by Gasteiger charge is -2.34. The maximum absolute atomic E-state index is 13.8. The van der Waals surface area contributed by atoms with E-state index in [2.05, 4.69) is 4.98 Å². The molecule has 0 saturated carbocycles. The van der Waals surface area contributed by atoms with Crippen molar-refractivity contribution in [3.8, 4) is 11.3 Å². The largest absolute Gasteiger partial charge is 0.444 e. The Morgan fingerprint density at radius 1 is 1.08 bits per heavy atom. The molecular weight excluding hydrogens is 538 g/mol. The van der Waals surface area contributed by atoms with E-state index in [0.717, 1.165) is 11.1 Å². The molecule has 1 amide bonds. The number of halogens is 1. The Kier molecular flexibility index (Phi) is 7.17. The first-order valence-electron chi connectivity index (χ1n) is 12.6. The van der Waals surface area contributed by atoms with E-state index < -0.39 is 15.6 Å². The van der Waals surface area contributed by atoms with Crippen LogP contribution in [-0.4, -0.2) is 53.7 Å². The van der Waals surface area contributed by atoms with Gasteiger partial charge in [0.25, 0.3) is 10.0 Å². The summed E-state index contributed by atoms with van der Waals surface area (Å²) in [7, 11) is -3.98. The van der Waals surface area contributed by atoms with Crippen LogP contribution in [0.4, 0.5) is 4.79 Å². The zero-order chi connectivity index (χ0) is 27.9. The Balaban J connectivity index is 1.50. The van der Waals surface area contributed by atoms with Gasteiger partial charge in [-0.1, -0.05) is 53.6 Å². The third-order valence-electron chi connectivity index (χ3n) is 6.46. The fourth-order valence-electron chi connectivity index (χ4n) is 4.52. The van der Waals surface area contributed by atoms with Crippen molar-refractivity contribution in [2.45, 2.75) is 44.3 Å². The molecule has 2 aromatic heterocycles. The van der Waals surface area contributed by atoms with Gasteiger partial charge in [-0.3, -0.25) is 0 Å². The Morgan fingerprint density at radius 3 is 2.44 bits per heavy atom. The van der Waals surface area contributed by atoms with Gasteiger partial charge in [-0.05, 0) is 63.1 Å². The third kappa shape index (κ3) is 5.52. The minimum atomic E-state index is -3.98. The van der Waals surface area contributed by atoms with Crippen LogP contribution in [0.2, 0.25) is 5.02 Å². The first-order valence-corrected chi connectivity index (χ1v) is 14.4. The number of carbonyl (C=O) groups is 1. The summed E-state index contributed by atoms with van der Waals surface area (Å²) in [6.45, 7) is 8.61. The number of fused-ring (bicyclic) bond motifs is 1. The zero-order valence-corrected chi connectivity index (χ0v) is 23.8. The van der Waals surface area contributed by atoms with Crippen molar-refractivity contribution in [3.63, 3.8) is 0 Å². The minimum Gasteiger partial charge on any atom is -0.444 e. The maximum atomic E-state index is 13.8. The number of hydrogen-bond donors (Lipinski definition) is 0. The van der Waals surface area contributed by atoms with Gasteiger partial charge in [0.2, 0.25) is 0 Å². The van der Waals surface area contributed by atoms with E-state index in [4.69, 9.17) is 21.1 Å². The lowest BCUT2D eigenvalue weighted by Crippen LogP contribution is -2.44. The first kappa shape index (κ1) is 27.2. The minimum absolute atomic E-state index is 0.156. The zero-order valence-electron chi connectivity index (χ0n) is 22.2. The summed E-state index contributed by atoms with van der Waals surface area (Å²) < 4.78 is 40.4. The van der Waals surface area contributed by atoms with Gasteiger partial charge < -0.3 is 14.4 Å². The Labute approximate surface area is 233 Å². The molecule has 1 fully saturated rings. The number of aromatic nitrogens is 2. The van der Waals surface area contributed by atoms with Crippen LogP contribution in [-0.2, 0) is 19.5 Å². The summed E-state index contributed by atoms with van der Waals surface area (Å²) in [6, 6.07) is 17.5. The van der Waals surface area contributed by atoms with Gasteiger partial charge in [-0.25, -0.2) is 22.2 Å². The number of pyridine rings is 1. The highest BCUT2D eigenvalue weighted by molar-refractivity contribution is 7.90. The van der Waals surface area contributed by atoms with Gasteiger partial charge in [0.1, 0.15) is 11.7 Å². The van der Waals surface area contributed by atoms with Gasteiger partial charge in [0.05, 0.1) is 28.8 Å². The van der Waals surface area contributed by atoms with E-state index in [1.165, 1.54) is 10.2 Å². The Bertz CT molecular complexity index is 1620. The molecule has 1 atom stereocenters. The van der Waals surface area contributed by atoms with Crippen molar-refractivity contribution in [1.82, 2.24) is 13.9 Å². The van der Waals surface area contributed by atoms with Crippen molar-refractivity contribution in [2.24, 2.45) is 0 Å². The molecule has 1 aliphatic rings. The van der Waals surface area contributed by atoms with Gasteiger partial charge in [-0.15, -0.1) is 0 Å². The van der Waals surface area contributed by atoms with Gasteiger partial charge in [-0.2, -0.15) is 0 Å². The number of aryl methyl sites for hydroxylation is 1. The molecule has 8 nitrogen and oxygen atoms in total. The monoisotopic (exact) mass is 567 g/mol. The summed E-state index contributed by atoms with van der Waals surface area (Å²) in [6.07, 6.45) is 0.788. The summed E-state index contributed by atoms with van der Waals surface area (Å²) >= 11 is 6.45. The summed E-state index contributed by atoms with van der Waals surface area (Å²) in [5, 5.41) is 0.950. The van der Waals surface area contributed by atoms with E-state index in [1.54, 1.807) is 41.3 Å². The van der Waals surface area contributed by atoms with Crippen LogP contribution in [0, 0.1) is 6.92 Å². The molecule has 0 radical (unpaired) electrons. The summed E-state index contributed by atoms with van der Waals surface area (Å²) in [5.74, 6) is 0. The van der Waals surface area contributed by atoms with Crippen LogP contribution < -0.4 is 0 Å². The molecule has 204 valence electrons. The predicted molar refractivity (Wildman–Crippen MR) is 150 cm³/mol. The van der Waals surface area contributed by atoms with Crippen LogP contribution >= 0.6 is 11.6 Å². The molecule has 0 bridgehead atoms. The molecule has 3 heterocycles. The number of rotatable bonds is 4. The molecule has 10 heteroatoms. The quantitative estimate of drug-likeness (QED) is 0.291. The fraction of sp³-hybridized carbons (Fsp3) is 0.310. The van der Waals surface area contributed by atoms with Crippen LogP contribution in [0.3, 0.4) is 0 Å². The fourth-order valence-corrected chi connectivity index (χ4v) is 6.19. The molecule has 0 N–H and O–H groups in total. The molecule has 4 aromatic rings. The highest BCUT2D eigenvalue weighted by Gasteiger charge is 2.30. The van der Waals surface area contributed by atoms with Crippen LogP contribution in [0.1, 0.15) is 38.0 Å². The summed E-state index contributed by atoms with van der Waals surface area (Å²) in [4.78, 5) is 18.8. The highest BCUT2D eigenvalue weighted by atomic mass is 35.5. The van der Waals surface area contributed by atoms with Crippen molar-refractivity contribution in [3.05, 3.63) is 83.0 Å². The SMILES string of the molecule is Cc1ccc(S(=O)(=O)n2c(-c3ccc(C4CN(C(=O)OC(C)(C)C)CCO4)cc3)cc3c(Cl)ccnc32)cc1. The van der Waals surface area contributed by atoms with E-state index in [-0.39, 0.29) is 22.7 Å². The average molecular weight is 568 g/mol. The number of morpholine rings is 1. The predicted octanol–water partition coefficient (Wildman–Crippen LogP) is 6.21. The van der Waals surface area contributed by atoms with Crippen LogP contribution in [0.25, 0.3) is 22.3 Å². The van der Waals surface area contributed by atoms with Crippen molar-refractivity contribution < 1.29 is 22.7 Å². The molecule has 1 aliphatic heterocycles. The summed E-state index contributed by atoms with van der Waals surface area (Å²) in [5.41, 5.74) is 2.61. The molecule has 1 saturated heterocycles. The molecule has 5 rings (SSSR count).